The average Bonchev–Trinajstić information content (AvgIpc) is 2.33. The molecule has 1 unspecified atom stereocenters. The van der Waals surface area contributed by atoms with Gasteiger partial charge >= 0.3 is 5.97 Å². The maximum Gasteiger partial charge on any atom is 0.320 e. The molecule has 0 radical (unpaired) electrons. The standard InChI is InChI=1S/C13H17Cl2NO2/c1-2-3-7-11(13(17)18)16-8-9-5-4-6-10(14)12(9)15/h4-6,11,16H,2-3,7-8H2,1H3,(H,17,18). The molecule has 0 aliphatic heterocycles. The first kappa shape index (κ1) is 15.3. The topological polar surface area (TPSA) is 49.3 Å². The minimum atomic E-state index is -0.832. The van der Waals surface area contributed by atoms with Gasteiger partial charge in [-0.1, -0.05) is 55.1 Å². The van der Waals surface area contributed by atoms with Crippen LogP contribution in [0.2, 0.25) is 10.0 Å². The van der Waals surface area contributed by atoms with Crippen LogP contribution in [0.15, 0.2) is 18.2 Å². The van der Waals surface area contributed by atoms with Crippen molar-refractivity contribution in [1.82, 2.24) is 5.32 Å². The Morgan fingerprint density at radius 2 is 2.17 bits per heavy atom. The molecule has 0 saturated heterocycles. The summed E-state index contributed by atoms with van der Waals surface area (Å²) in [5.74, 6) is -0.832. The Morgan fingerprint density at radius 3 is 2.78 bits per heavy atom. The fraction of sp³-hybridized carbons (Fsp3) is 0.462. The van der Waals surface area contributed by atoms with Crippen LogP contribution in [-0.2, 0) is 11.3 Å². The summed E-state index contributed by atoms with van der Waals surface area (Å²) in [4.78, 5) is 11.1. The maximum absolute atomic E-state index is 11.1. The van der Waals surface area contributed by atoms with Crippen LogP contribution in [0, 0.1) is 0 Å². The van der Waals surface area contributed by atoms with E-state index in [0.717, 1.165) is 18.4 Å². The molecule has 5 heteroatoms. The van der Waals surface area contributed by atoms with Gasteiger partial charge in [0.05, 0.1) is 10.0 Å². The third kappa shape index (κ3) is 4.48. The van der Waals surface area contributed by atoms with Crippen molar-refractivity contribution >= 4 is 29.2 Å². The Morgan fingerprint density at radius 1 is 1.44 bits per heavy atom. The molecule has 3 nitrogen and oxygen atoms in total. The molecule has 1 rings (SSSR count). The summed E-state index contributed by atoms with van der Waals surface area (Å²) in [6.45, 7) is 2.44. The lowest BCUT2D eigenvalue weighted by Crippen LogP contribution is -2.36. The van der Waals surface area contributed by atoms with Crippen LogP contribution in [0.3, 0.4) is 0 Å². The van der Waals surface area contributed by atoms with Crippen LogP contribution in [0.5, 0.6) is 0 Å². The molecule has 0 bridgehead atoms. The van der Waals surface area contributed by atoms with E-state index in [1.807, 2.05) is 13.0 Å². The predicted molar refractivity (Wildman–Crippen MR) is 74.3 cm³/mol. The molecule has 0 aliphatic rings. The maximum atomic E-state index is 11.1. The van der Waals surface area contributed by atoms with Crippen molar-refractivity contribution in [2.45, 2.75) is 38.8 Å². The average molecular weight is 290 g/mol. The summed E-state index contributed by atoms with van der Waals surface area (Å²) in [5.41, 5.74) is 0.812. The first-order chi connectivity index (χ1) is 8.56. The van der Waals surface area contributed by atoms with Crippen molar-refractivity contribution in [2.24, 2.45) is 0 Å². The third-order valence-corrected chi connectivity index (χ3v) is 3.57. The third-order valence-electron chi connectivity index (χ3n) is 2.71. The molecular formula is C13H17Cl2NO2. The van der Waals surface area contributed by atoms with Crippen molar-refractivity contribution in [3.63, 3.8) is 0 Å². The number of hydrogen-bond donors (Lipinski definition) is 2. The lowest BCUT2D eigenvalue weighted by molar-refractivity contribution is -0.139. The Bertz CT molecular complexity index is 410. The van der Waals surface area contributed by atoms with Gasteiger partial charge in [-0.3, -0.25) is 4.79 Å². The Hall–Kier alpha value is -0.770. The SMILES string of the molecule is CCCCC(NCc1cccc(Cl)c1Cl)C(=O)O. The van der Waals surface area contributed by atoms with Crippen LogP contribution in [0.25, 0.3) is 0 Å². The molecule has 1 aromatic rings. The second-order valence-electron chi connectivity index (χ2n) is 4.13. The molecule has 0 saturated carbocycles. The highest BCUT2D eigenvalue weighted by Crippen LogP contribution is 2.25. The van der Waals surface area contributed by atoms with Crippen molar-refractivity contribution < 1.29 is 9.90 Å². The zero-order valence-corrected chi connectivity index (χ0v) is 11.8. The zero-order chi connectivity index (χ0) is 13.5. The number of carboxylic acid groups (broad SMARTS) is 1. The van der Waals surface area contributed by atoms with Gasteiger partial charge < -0.3 is 10.4 Å². The molecule has 0 heterocycles. The van der Waals surface area contributed by atoms with Crippen LogP contribution >= 0.6 is 23.2 Å². The van der Waals surface area contributed by atoms with Crippen LogP contribution in [0.1, 0.15) is 31.7 Å². The quantitative estimate of drug-likeness (QED) is 0.804. The van der Waals surface area contributed by atoms with Gasteiger partial charge in [0.15, 0.2) is 0 Å². The van der Waals surface area contributed by atoms with Crippen molar-refractivity contribution in [2.75, 3.05) is 0 Å². The van der Waals surface area contributed by atoms with Gasteiger partial charge in [-0.2, -0.15) is 0 Å². The van der Waals surface area contributed by atoms with Crippen LogP contribution in [0.4, 0.5) is 0 Å². The number of carbonyl (C=O) groups is 1. The number of halogens is 2. The van der Waals surface area contributed by atoms with E-state index >= 15 is 0 Å². The van der Waals surface area contributed by atoms with Gasteiger partial charge in [-0.25, -0.2) is 0 Å². The number of benzene rings is 1. The Kier molecular flexibility index (Phi) is 6.47. The predicted octanol–water partition coefficient (Wildman–Crippen LogP) is 3.73. The van der Waals surface area contributed by atoms with Gasteiger partial charge in [0.2, 0.25) is 0 Å². The number of rotatable bonds is 7. The summed E-state index contributed by atoms with van der Waals surface area (Å²) in [7, 11) is 0. The number of aliphatic carboxylic acids is 1. The van der Waals surface area contributed by atoms with Gasteiger partial charge in [0.1, 0.15) is 6.04 Å². The number of nitrogens with one attached hydrogen (secondary N) is 1. The number of unbranched alkanes of at least 4 members (excludes halogenated alkanes) is 1. The molecular weight excluding hydrogens is 273 g/mol. The molecule has 1 atom stereocenters. The molecule has 0 fully saturated rings. The second kappa shape index (κ2) is 7.62. The van der Waals surface area contributed by atoms with E-state index in [9.17, 15) is 4.79 Å². The highest BCUT2D eigenvalue weighted by Gasteiger charge is 2.16. The van der Waals surface area contributed by atoms with Gasteiger partial charge in [0, 0.05) is 6.54 Å². The smallest absolute Gasteiger partial charge is 0.320 e. The lowest BCUT2D eigenvalue weighted by Gasteiger charge is -2.15. The fourth-order valence-corrected chi connectivity index (χ4v) is 2.03. The minimum absolute atomic E-state index is 0.403. The van der Waals surface area contributed by atoms with Gasteiger partial charge in [0.25, 0.3) is 0 Å². The van der Waals surface area contributed by atoms with E-state index < -0.39 is 12.0 Å². The molecule has 0 spiro atoms. The monoisotopic (exact) mass is 289 g/mol. The molecule has 1 aromatic carbocycles. The number of hydrogen-bond acceptors (Lipinski definition) is 2. The van der Waals surface area contributed by atoms with Gasteiger partial charge in [-0.15, -0.1) is 0 Å². The zero-order valence-electron chi connectivity index (χ0n) is 10.2. The molecule has 0 amide bonds. The van der Waals surface area contributed by atoms with Crippen LogP contribution < -0.4 is 5.32 Å². The lowest BCUT2D eigenvalue weighted by atomic mass is 10.1. The summed E-state index contributed by atoms with van der Waals surface area (Å²) < 4.78 is 0. The highest BCUT2D eigenvalue weighted by atomic mass is 35.5. The Labute approximate surface area is 117 Å². The normalized spacial score (nSPS) is 12.4. The van der Waals surface area contributed by atoms with Crippen molar-refractivity contribution in [1.29, 1.82) is 0 Å². The van der Waals surface area contributed by atoms with Crippen molar-refractivity contribution in [3.05, 3.63) is 33.8 Å². The summed E-state index contributed by atoms with van der Waals surface area (Å²) >= 11 is 11.9. The van der Waals surface area contributed by atoms with E-state index in [-0.39, 0.29) is 0 Å². The highest BCUT2D eigenvalue weighted by molar-refractivity contribution is 6.42. The number of carboxylic acids is 1. The summed E-state index contributed by atoms with van der Waals surface area (Å²) in [6, 6.07) is 4.80. The molecule has 0 aromatic heterocycles. The first-order valence-corrected chi connectivity index (χ1v) is 6.71. The second-order valence-corrected chi connectivity index (χ2v) is 4.91. The Balaban J connectivity index is 2.61. The molecule has 2 N–H and O–H groups in total. The van der Waals surface area contributed by atoms with E-state index in [1.54, 1.807) is 12.1 Å². The fourth-order valence-electron chi connectivity index (χ4n) is 1.64. The molecule has 18 heavy (non-hydrogen) atoms. The summed E-state index contributed by atoms with van der Waals surface area (Å²) in [5, 5.41) is 13.0. The van der Waals surface area contributed by atoms with Crippen LogP contribution in [-0.4, -0.2) is 17.1 Å². The van der Waals surface area contributed by atoms with E-state index in [0.29, 0.717) is 23.0 Å². The van der Waals surface area contributed by atoms with Gasteiger partial charge in [-0.05, 0) is 18.1 Å². The largest absolute Gasteiger partial charge is 0.480 e. The summed E-state index contributed by atoms with van der Waals surface area (Å²) in [6.07, 6.45) is 2.47. The molecule has 100 valence electrons. The first-order valence-electron chi connectivity index (χ1n) is 5.95. The van der Waals surface area contributed by atoms with E-state index in [1.165, 1.54) is 0 Å². The minimum Gasteiger partial charge on any atom is -0.480 e. The van der Waals surface area contributed by atoms with Crippen molar-refractivity contribution in [3.8, 4) is 0 Å². The van der Waals surface area contributed by atoms with E-state index in [4.69, 9.17) is 28.3 Å². The molecule has 0 aliphatic carbocycles. The van der Waals surface area contributed by atoms with E-state index in [2.05, 4.69) is 5.32 Å².